The van der Waals surface area contributed by atoms with Gasteiger partial charge in [-0.1, -0.05) is 38.1 Å². The molecule has 0 saturated heterocycles. The fraction of sp³-hybridized carbons (Fsp3) is 0.647. The van der Waals surface area contributed by atoms with Crippen molar-refractivity contribution in [2.75, 3.05) is 0 Å². The Morgan fingerprint density at radius 2 is 1.76 bits per heavy atom. The van der Waals surface area contributed by atoms with Gasteiger partial charge in [-0.3, -0.25) is 11.3 Å². The molecule has 1 aromatic carbocycles. The molecule has 0 aromatic heterocycles. The van der Waals surface area contributed by atoms with Crippen LogP contribution in [0.3, 0.4) is 0 Å². The Labute approximate surface area is 126 Å². The maximum absolute atomic E-state index is 13.2. The summed E-state index contributed by atoms with van der Waals surface area (Å²) in [5.41, 5.74) is 5.36. The Balaban J connectivity index is 1.96. The van der Waals surface area contributed by atoms with Gasteiger partial charge in [0.15, 0.2) is 0 Å². The van der Waals surface area contributed by atoms with Gasteiger partial charge in [0.05, 0.1) is 0 Å². The summed E-state index contributed by atoms with van der Waals surface area (Å²) in [6.45, 7) is 4.34. The van der Waals surface area contributed by atoms with E-state index in [4.69, 9.17) is 5.84 Å². The fourth-order valence-electron chi connectivity index (χ4n) is 3.12. The number of nitrogens with one attached hydrogen (secondary N) is 1. The largest absolute Gasteiger partial charge is 0.271 e. The molecule has 1 atom stereocenters. The lowest BCUT2D eigenvalue weighted by Crippen LogP contribution is -2.44. The van der Waals surface area contributed by atoms with Crippen LogP contribution in [-0.2, 0) is 6.42 Å². The number of nitrogens with two attached hydrogens (primary N) is 1. The van der Waals surface area contributed by atoms with Crippen molar-refractivity contribution in [3.05, 3.63) is 35.4 Å². The summed E-state index contributed by atoms with van der Waals surface area (Å²) in [6, 6.07) is 8.60. The summed E-state index contributed by atoms with van der Waals surface area (Å²) < 4.78 is 26.5. The van der Waals surface area contributed by atoms with Crippen LogP contribution in [0.15, 0.2) is 24.3 Å². The number of rotatable bonds is 5. The molecular formula is C17H26F2N2. The highest BCUT2D eigenvalue weighted by Crippen LogP contribution is 2.37. The molecule has 2 nitrogen and oxygen atoms in total. The van der Waals surface area contributed by atoms with E-state index in [1.165, 1.54) is 11.1 Å². The van der Waals surface area contributed by atoms with Crippen LogP contribution in [-0.4, -0.2) is 12.0 Å². The van der Waals surface area contributed by atoms with E-state index < -0.39 is 5.92 Å². The Morgan fingerprint density at radius 3 is 2.24 bits per heavy atom. The second-order valence-electron chi connectivity index (χ2n) is 6.57. The quantitative estimate of drug-likeness (QED) is 0.636. The Morgan fingerprint density at radius 1 is 1.19 bits per heavy atom. The molecule has 2 rings (SSSR count). The first-order valence-electron chi connectivity index (χ1n) is 7.84. The summed E-state index contributed by atoms with van der Waals surface area (Å²) in [5, 5.41) is 0. The minimum Gasteiger partial charge on any atom is -0.271 e. The minimum absolute atomic E-state index is 0.0118. The molecule has 1 aliphatic carbocycles. The normalized spacial score (nSPS) is 20.7. The maximum Gasteiger partial charge on any atom is 0.248 e. The molecule has 3 N–H and O–H groups in total. The van der Waals surface area contributed by atoms with Crippen molar-refractivity contribution in [1.82, 2.24) is 5.43 Å². The SMILES string of the molecule is CC(C)c1ccc(CC(NN)C2CCC(F)(F)CC2)cc1. The van der Waals surface area contributed by atoms with Gasteiger partial charge in [0, 0.05) is 18.9 Å². The zero-order chi connectivity index (χ0) is 15.5. The summed E-state index contributed by atoms with van der Waals surface area (Å²) in [4.78, 5) is 0. The van der Waals surface area contributed by atoms with E-state index in [2.05, 4.69) is 43.5 Å². The van der Waals surface area contributed by atoms with Crippen molar-refractivity contribution >= 4 is 0 Å². The maximum atomic E-state index is 13.2. The first kappa shape index (κ1) is 16.4. The lowest BCUT2D eigenvalue weighted by atomic mass is 9.80. The first-order valence-corrected chi connectivity index (χ1v) is 7.84. The molecule has 0 spiro atoms. The lowest BCUT2D eigenvalue weighted by Gasteiger charge is -2.33. The third kappa shape index (κ3) is 4.48. The van der Waals surface area contributed by atoms with Gasteiger partial charge in [-0.15, -0.1) is 0 Å². The van der Waals surface area contributed by atoms with Crippen LogP contribution in [0.25, 0.3) is 0 Å². The van der Waals surface area contributed by atoms with Crippen LogP contribution in [0.1, 0.15) is 56.6 Å². The molecule has 1 fully saturated rings. The van der Waals surface area contributed by atoms with E-state index >= 15 is 0 Å². The van der Waals surface area contributed by atoms with Gasteiger partial charge in [0.1, 0.15) is 0 Å². The van der Waals surface area contributed by atoms with E-state index in [1.807, 2.05) is 0 Å². The van der Waals surface area contributed by atoms with Gasteiger partial charge in [0.2, 0.25) is 5.92 Å². The van der Waals surface area contributed by atoms with E-state index in [0.29, 0.717) is 18.8 Å². The van der Waals surface area contributed by atoms with E-state index in [0.717, 1.165) is 6.42 Å². The van der Waals surface area contributed by atoms with Crippen LogP contribution in [0, 0.1) is 5.92 Å². The third-order valence-corrected chi connectivity index (χ3v) is 4.65. The molecule has 21 heavy (non-hydrogen) atoms. The van der Waals surface area contributed by atoms with Gasteiger partial charge in [-0.05, 0) is 42.2 Å². The van der Waals surface area contributed by atoms with E-state index in [9.17, 15) is 8.78 Å². The number of hydrogen-bond acceptors (Lipinski definition) is 2. The summed E-state index contributed by atoms with van der Waals surface area (Å²) >= 11 is 0. The number of hydrazine groups is 1. The molecule has 0 radical (unpaired) electrons. The van der Waals surface area contributed by atoms with Crippen LogP contribution in [0.5, 0.6) is 0 Å². The number of hydrogen-bond donors (Lipinski definition) is 2. The van der Waals surface area contributed by atoms with Gasteiger partial charge in [0.25, 0.3) is 0 Å². The highest BCUT2D eigenvalue weighted by atomic mass is 19.3. The molecule has 1 saturated carbocycles. The molecule has 0 bridgehead atoms. The molecule has 0 aliphatic heterocycles. The first-order chi connectivity index (χ1) is 9.91. The van der Waals surface area contributed by atoms with Crippen LogP contribution in [0.2, 0.25) is 0 Å². The lowest BCUT2D eigenvalue weighted by molar-refractivity contribution is -0.0495. The minimum atomic E-state index is -2.48. The molecule has 0 amide bonds. The number of benzene rings is 1. The monoisotopic (exact) mass is 296 g/mol. The predicted octanol–water partition coefficient (Wildman–Crippen LogP) is 4.01. The highest BCUT2D eigenvalue weighted by molar-refractivity contribution is 5.25. The second kappa shape index (κ2) is 6.84. The van der Waals surface area contributed by atoms with Crippen molar-refractivity contribution in [3.8, 4) is 0 Å². The summed E-state index contributed by atoms with van der Waals surface area (Å²) in [7, 11) is 0. The summed E-state index contributed by atoms with van der Waals surface area (Å²) in [5.74, 6) is 3.93. The Kier molecular flexibility index (Phi) is 5.33. The average Bonchev–Trinajstić information content (AvgIpc) is 2.45. The highest BCUT2D eigenvalue weighted by Gasteiger charge is 2.37. The van der Waals surface area contributed by atoms with E-state index in [-0.39, 0.29) is 24.8 Å². The smallest absolute Gasteiger partial charge is 0.248 e. The van der Waals surface area contributed by atoms with E-state index in [1.54, 1.807) is 0 Å². The van der Waals surface area contributed by atoms with Gasteiger partial charge < -0.3 is 0 Å². The standard InChI is InChI=1S/C17H26F2N2/c1-12(2)14-5-3-13(4-6-14)11-16(21-20)15-7-9-17(18,19)10-8-15/h3-6,12,15-16,21H,7-11,20H2,1-2H3. The second-order valence-corrected chi connectivity index (χ2v) is 6.57. The van der Waals surface area contributed by atoms with Crippen LogP contribution >= 0.6 is 0 Å². The molecule has 1 unspecified atom stereocenters. The topological polar surface area (TPSA) is 38.0 Å². The predicted molar refractivity (Wildman–Crippen MR) is 82.3 cm³/mol. The molecule has 1 aliphatic rings. The molecule has 0 heterocycles. The summed E-state index contributed by atoms with van der Waals surface area (Å²) in [6.07, 6.45) is 1.87. The zero-order valence-electron chi connectivity index (χ0n) is 12.9. The van der Waals surface area contributed by atoms with Crippen molar-refractivity contribution in [1.29, 1.82) is 0 Å². The van der Waals surface area contributed by atoms with Crippen molar-refractivity contribution in [2.45, 2.75) is 63.8 Å². The van der Waals surface area contributed by atoms with Crippen molar-refractivity contribution in [2.24, 2.45) is 11.8 Å². The molecule has 118 valence electrons. The Hall–Kier alpha value is -1.00. The third-order valence-electron chi connectivity index (χ3n) is 4.65. The molecular weight excluding hydrogens is 270 g/mol. The number of alkyl halides is 2. The zero-order valence-corrected chi connectivity index (χ0v) is 12.9. The Bertz CT molecular complexity index is 433. The number of halogens is 2. The van der Waals surface area contributed by atoms with Crippen LogP contribution < -0.4 is 11.3 Å². The van der Waals surface area contributed by atoms with Gasteiger partial charge in [-0.25, -0.2) is 8.78 Å². The van der Waals surface area contributed by atoms with Crippen molar-refractivity contribution in [3.63, 3.8) is 0 Å². The van der Waals surface area contributed by atoms with Gasteiger partial charge in [-0.2, -0.15) is 0 Å². The van der Waals surface area contributed by atoms with Gasteiger partial charge >= 0.3 is 0 Å². The fourth-order valence-corrected chi connectivity index (χ4v) is 3.12. The molecule has 1 aromatic rings. The van der Waals surface area contributed by atoms with Crippen LogP contribution in [0.4, 0.5) is 8.78 Å². The van der Waals surface area contributed by atoms with Crippen molar-refractivity contribution < 1.29 is 8.78 Å². The average molecular weight is 296 g/mol. The molecule has 4 heteroatoms.